The summed E-state index contributed by atoms with van der Waals surface area (Å²) in [7, 11) is 3.24. The third kappa shape index (κ3) is 5.29. The van der Waals surface area contributed by atoms with Gasteiger partial charge in [-0.25, -0.2) is 0 Å². The highest BCUT2D eigenvalue weighted by Gasteiger charge is 2.37. The van der Waals surface area contributed by atoms with Crippen molar-refractivity contribution in [3.05, 3.63) is 82.9 Å². The van der Waals surface area contributed by atoms with Gasteiger partial charge in [0.15, 0.2) is 11.5 Å². The molecule has 2 N–H and O–H groups in total. The highest BCUT2D eigenvalue weighted by molar-refractivity contribution is 6.00. The van der Waals surface area contributed by atoms with Crippen molar-refractivity contribution in [3.8, 4) is 11.5 Å². The fourth-order valence-corrected chi connectivity index (χ4v) is 5.45. The number of nitrogen functional groups attached to an aromatic ring is 1. The molecule has 1 unspecified atom stereocenters. The monoisotopic (exact) mass is 516 g/mol. The molecule has 0 saturated carbocycles. The Bertz CT molecular complexity index is 1250. The van der Waals surface area contributed by atoms with E-state index in [0.717, 1.165) is 60.7 Å². The van der Waals surface area contributed by atoms with Gasteiger partial charge in [-0.1, -0.05) is 45.0 Å². The van der Waals surface area contributed by atoms with Crippen molar-refractivity contribution < 1.29 is 14.3 Å². The minimum Gasteiger partial charge on any atom is -0.493 e. The number of nitrogens with two attached hydrogens (primary N) is 1. The van der Waals surface area contributed by atoms with E-state index < -0.39 is 0 Å². The van der Waals surface area contributed by atoms with Crippen LogP contribution >= 0.6 is 0 Å². The Morgan fingerprint density at radius 1 is 0.868 bits per heavy atom. The van der Waals surface area contributed by atoms with Crippen LogP contribution < -0.4 is 20.1 Å². The quantitative estimate of drug-likeness (QED) is 0.435. The summed E-state index contributed by atoms with van der Waals surface area (Å²) >= 11 is 0. The van der Waals surface area contributed by atoms with Crippen LogP contribution in [0.3, 0.4) is 0 Å². The van der Waals surface area contributed by atoms with E-state index in [-0.39, 0.29) is 11.9 Å². The summed E-state index contributed by atoms with van der Waals surface area (Å²) in [4.78, 5) is 20.7. The summed E-state index contributed by atoms with van der Waals surface area (Å²) in [5.41, 5.74) is 11.8. The molecule has 1 saturated heterocycles. The molecule has 1 atom stereocenters. The Morgan fingerprint density at radius 2 is 1.55 bits per heavy atom. The summed E-state index contributed by atoms with van der Waals surface area (Å²) in [6.07, 6.45) is 0. The summed E-state index contributed by atoms with van der Waals surface area (Å²) < 4.78 is 11.0. The molecule has 3 aromatic carbocycles. The van der Waals surface area contributed by atoms with E-state index in [9.17, 15) is 4.79 Å². The Morgan fingerprint density at radius 3 is 2.21 bits per heavy atom. The number of carbonyl (C=O) groups is 1. The molecule has 2 aliphatic heterocycles. The van der Waals surface area contributed by atoms with Crippen molar-refractivity contribution in [2.45, 2.75) is 33.4 Å². The number of fused-ring (bicyclic) bond motifs is 1. The number of amides is 1. The van der Waals surface area contributed by atoms with Crippen LogP contribution in [0.5, 0.6) is 11.5 Å². The van der Waals surface area contributed by atoms with Gasteiger partial charge in [-0.3, -0.25) is 4.79 Å². The van der Waals surface area contributed by atoms with Crippen LogP contribution in [0.25, 0.3) is 0 Å². The Labute approximate surface area is 226 Å². The van der Waals surface area contributed by atoms with Crippen molar-refractivity contribution in [3.63, 3.8) is 0 Å². The maximum absolute atomic E-state index is 13.9. The zero-order chi connectivity index (χ0) is 27.2. The summed E-state index contributed by atoms with van der Waals surface area (Å²) in [5, 5.41) is 0. The van der Waals surface area contributed by atoms with Crippen LogP contribution in [0.4, 0.5) is 11.4 Å². The highest BCUT2D eigenvalue weighted by Crippen LogP contribution is 2.41. The maximum atomic E-state index is 13.9. The van der Waals surface area contributed by atoms with Gasteiger partial charge in [0.25, 0.3) is 5.91 Å². The smallest absolute Gasteiger partial charge is 0.255 e. The van der Waals surface area contributed by atoms with Gasteiger partial charge in [0.2, 0.25) is 0 Å². The third-order valence-corrected chi connectivity index (χ3v) is 7.39. The minimum absolute atomic E-state index is 0.0289. The lowest BCUT2D eigenvalue weighted by Gasteiger charge is -2.36. The summed E-state index contributed by atoms with van der Waals surface area (Å²) in [6.45, 7) is 11.8. The average Bonchev–Trinajstić information content (AvgIpc) is 3.30. The van der Waals surface area contributed by atoms with Crippen molar-refractivity contribution in [1.82, 2.24) is 9.80 Å². The predicted molar refractivity (Wildman–Crippen MR) is 154 cm³/mol. The summed E-state index contributed by atoms with van der Waals surface area (Å²) in [6, 6.07) is 19.4. The van der Waals surface area contributed by atoms with Gasteiger partial charge in [0.1, 0.15) is 0 Å². The number of nitrogens with zero attached hydrogens (tertiary/aromatic N) is 3. The van der Waals surface area contributed by atoms with E-state index in [0.29, 0.717) is 23.7 Å². The number of benzene rings is 3. The first-order chi connectivity index (χ1) is 18.5. The van der Waals surface area contributed by atoms with Crippen LogP contribution in [0.1, 0.15) is 53.9 Å². The molecule has 3 aromatic rings. The topological polar surface area (TPSA) is 71.3 Å². The molecule has 2 heterocycles. The maximum Gasteiger partial charge on any atom is 0.255 e. The van der Waals surface area contributed by atoms with Gasteiger partial charge >= 0.3 is 0 Å². The molecule has 1 fully saturated rings. The van der Waals surface area contributed by atoms with Gasteiger partial charge < -0.3 is 29.9 Å². The van der Waals surface area contributed by atoms with E-state index in [1.165, 1.54) is 0 Å². The predicted octanol–water partition coefficient (Wildman–Crippen LogP) is 5.20. The molecule has 0 radical (unpaired) electrons. The van der Waals surface area contributed by atoms with E-state index >= 15 is 0 Å². The molecular formula is C31H40N4O3. The molecule has 0 aromatic heterocycles. The zero-order valence-electron chi connectivity index (χ0n) is 23.2. The van der Waals surface area contributed by atoms with E-state index in [1.807, 2.05) is 73.3 Å². The third-order valence-electron chi connectivity index (χ3n) is 7.39. The SMILES string of the molecule is CC.CCN1CCN(c2cccc3c2CN(C(c2cccc(N)c2)c2ccc(OC)c(OC)c2)C3=O)CC1. The van der Waals surface area contributed by atoms with E-state index in [4.69, 9.17) is 15.2 Å². The molecule has 38 heavy (non-hydrogen) atoms. The number of hydrogen-bond acceptors (Lipinski definition) is 6. The van der Waals surface area contributed by atoms with E-state index in [2.05, 4.69) is 22.8 Å². The first-order valence-electron chi connectivity index (χ1n) is 13.5. The number of rotatable bonds is 7. The van der Waals surface area contributed by atoms with Crippen molar-refractivity contribution in [2.75, 3.05) is 57.6 Å². The molecule has 0 spiro atoms. The van der Waals surface area contributed by atoms with Gasteiger partial charge in [-0.2, -0.15) is 0 Å². The molecule has 7 nitrogen and oxygen atoms in total. The number of methoxy groups -OCH3 is 2. The van der Waals surface area contributed by atoms with Gasteiger partial charge in [0.05, 0.1) is 20.3 Å². The van der Waals surface area contributed by atoms with Crippen LogP contribution in [-0.2, 0) is 6.54 Å². The molecule has 202 valence electrons. The lowest BCUT2D eigenvalue weighted by atomic mass is 9.96. The highest BCUT2D eigenvalue weighted by atomic mass is 16.5. The van der Waals surface area contributed by atoms with E-state index in [1.54, 1.807) is 14.2 Å². The second kappa shape index (κ2) is 12.2. The number of anilines is 2. The van der Waals surface area contributed by atoms with Crippen molar-refractivity contribution >= 4 is 17.3 Å². The Balaban J connectivity index is 0.00000164. The molecule has 5 rings (SSSR count). The number of ether oxygens (including phenoxy) is 2. The first kappa shape index (κ1) is 27.3. The van der Waals surface area contributed by atoms with Gasteiger partial charge in [0, 0.05) is 55.2 Å². The fourth-order valence-electron chi connectivity index (χ4n) is 5.45. The van der Waals surface area contributed by atoms with Crippen LogP contribution in [0.2, 0.25) is 0 Å². The molecule has 1 amide bonds. The lowest BCUT2D eigenvalue weighted by Crippen LogP contribution is -2.46. The molecule has 2 aliphatic rings. The Hall–Kier alpha value is -3.71. The van der Waals surface area contributed by atoms with Gasteiger partial charge in [-0.05, 0) is 54.1 Å². The number of likely N-dealkylation sites (N-methyl/N-ethyl adjacent to an activating group) is 1. The molecule has 0 bridgehead atoms. The number of hydrogen-bond donors (Lipinski definition) is 1. The van der Waals surface area contributed by atoms with Crippen LogP contribution in [0.15, 0.2) is 60.7 Å². The van der Waals surface area contributed by atoms with Gasteiger partial charge in [-0.15, -0.1) is 0 Å². The molecule has 0 aliphatic carbocycles. The lowest BCUT2D eigenvalue weighted by molar-refractivity contribution is 0.0730. The standard InChI is InChI=1S/C29H34N4O3.C2H6/c1-4-31-13-15-32(16-14-31)25-10-6-9-23-24(25)19-33(29(23)34)28(20-7-5-8-22(30)17-20)21-11-12-26(35-2)27(18-21)36-3;1-2/h5-12,17-18,28H,4,13-16,19,30H2,1-3H3;1-2H3. The van der Waals surface area contributed by atoms with Crippen molar-refractivity contribution in [1.29, 1.82) is 0 Å². The second-order valence-electron chi connectivity index (χ2n) is 9.34. The molecular weight excluding hydrogens is 476 g/mol. The largest absolute Gasteiger partial charge is 0.493 e. The fraction of sp³-hybridized carbons (Fsp3) is 0.387. The second-order valence-corrected chi connectivity index (χ2v) is 9.34. The van der Waals surface area contributed by atoms with Crippen molar-refractivity contribution in [2.24, 2.45) is 0 Å². The molecule has 7 heteroatoms. The van der Waals surface area contributed by atoms with Crippen LogP contribution in [-0.4, -0.2) is 62.7 Å². The normalized spacial score (nSPS) is 16.0. The first-order valence-corrected chi connectivity index (χ1v) is 13.5. The minimum atomic E-state index is -0.321. The Kier molecular flexibility index (Phi) is 8.79. The number of carbonyl (C=O) groups excluding carboxylic acids is 1. The van der Waals surface area contributed by atoms with Crippen LogP contribution in [0, 0.1) is 0 Å². The number of piperazine rings is 1. The average molecular weight is 517 g/mol. The summed E-state index contributed by atoms with van der Waals surface area (Å²) in [5.74, 6) is 1.31. The zero-order valence-corrected chi connectivity index (χ0v) is 23.2.